The molecule has 2 amide bonds. The first-order valence-electron chi connectivity index (χ1n) is 8.24. The monoisotopic (exact) mass is 396 g/mol. The Morgan fingerprint density at radius 1 is 1.15 bits per heavy atom. The second kappa shape index (κ2) is 7.60. The van der Waals surface area contributed by atoms with E-state index in [2.05, 4.69) is 5.32 Å². The van der Waals surface area contributed by atoms with Crippen LogP contribution in [-0.2, 0) is 22.3 Å². The third kappa shape index (κ3) is 4.42. The van der Waals surface area contributed by atoms with Gasteiger partial charge in [-0.3, -0.25) is 9.59 Å². The summed E-state index contributed by atoms with van der Waals surface area (Å²) in [5.41, 5.74) is 0.361. The molecule has 0 saturated carbocycles. The number of alkyl halides is 3. The lowest BCUT2D eigenvalue weighted by Gasteiger charge is -2.18. The first kappa shape index (κ1) is 19.2. The molecule has 0 radical (unpaired) electrons. The third-order valence-electron chi connectivity index (χ3n) is 4.39. The minimum atomic E-state index is -4.39. The Labute approximate surface area is 158 Å². The number of nitrogens with zero attached hydrogens (tertiary/aromatic N) is 1. The van der Waals surface area contributed by atoms with Crippen LogP contribution in [0.1, 0.15) is 17.5 Å². The van der Waals surface area contributed by atoms with Crippen LogP contribution in [0.4, 0.5) is 18.9 Å². The van der Waals surface area contributed by atoms with Crippen LogP contribution in [0.5, 0.6) is 0 Å². The number of halogens is 4. The lowest BCUT2D eigenvalue weighted by Crippen LogP contribution is -2.32. The van der Waals surface area contributed by atoms with Crippen LogP contribution in [0.2, 0.25) is 5.02 Å². The van der Waals surface area contributed by atoms with E-state index in [-0.39, 0.29) is 31.3 Å². The van der Waals surface area contributed by atoms with Gasteiger partial charge in [0.05, 0.1) is 22.2 Å². The van der Waals surface area contributed by atoms with E-state index in [1.165, 1.54) is 17.0 Å². The number of hydrogen-bond donors (Lipinski definition) is 1. The summed E-state index contributed by atoms with van der Waals surface area (Å²) in [7, 11) is 0. The van der Waals surface area contributed by atoms with Gasteiger partial charge in [0.2, 0.25) is 11.8 Å². The van der Waals surface area contributed by atoms with Gasteiger partial charge < -0.3 is 10.2 Å². The third-order valence-corrected chi connectivity index (χ3v) is 4.71. The molecule has 2 aromatic rings. The maximum absolute atomic E-state index is 12.6. The number of carbonyl (C=O) groups excluding carboxylic acids is 2. The highest BCUT2D eigenvalue weighted by Gasteiger charge is 2.35. The van der Waals surface area contributed by atoms with Gasteiger partial charge in [-0.25, -0.2) is 0 Å². The van der Waals surface area contributed by atoms with Crippen LogP contribution in [0.3, 0.4) is 0 Å². The van der Waals surface area contributed by atoms with Crippen LogP contribution in [-0.4, -0.2) is 18.4 Å². The molecule has 1 fully saturated rings. The Balaban J connectivity index is 1.59. The SMILES string of the molecule is O=C(NCc1ccc(C(F)(F)F)cc1)[C@H]1CC(=O)N(c2ccccc2Cl)C1. The quantitative estimate of drug-likeness (QED) is 0.848. The number of benzene rings is 2. The number of carbonyl (C=O) groups is 2. The first-order chi connectivity index (χ1) is 12.8. The average molecular weight is 397 g/mol. The molecule has 0 bridgehead atoms. The predicted molar refractivity (Wildman–Crippen MR) is 95.2 cm³/mol. The second-order valence-corrected chi connectivity index (χ2v) is 6.68. The highest BCUT2D eigenvalue weighted by atomic mass is 35.5. The van der Waals surface area contributed by atoms with Gasteiger partial charge in [-0.1, -0.05) is 35.9 Å². The largest absolute Gasteiger partial charge is 0.416 e. The zero-order valence-corrected chi connectivity index (χ0v) is 14.8. The number of nitrogens with one attached hydrogen (secondary N) is 1. The molecular formula is C19H16ClF3N2O2. The fraction of sp³-hybridized carbons (Fsp3) is 0.263. The van der Waals surface area contributed by atoms with Gasteiger partial charge in [0.15, 0.2) is 0 Å². The highest BCUT2D eigenvalue weighted by Crippen LogP contribution is 2.31. The van der Waals surface area contributed by atoms with Crippen LogP contribution < -0.4 is 10.2 Å². The number of hydrogen-bond acceptors (Lipinski definition) is 2. The lowest BCUT2D eigenvalue weighted by molar-refractivity contribution is -0.137. The molecule has 1 saturated heterocycles. The molecule has 3 rings (SSSR count). The topological polar surface area (TPSA) is 49.4 Å². The number of para-hydroxylation sites is 1. The van der Waals surface area contributed by atoms with Gasteiger partial charge in [-0.2, -0.15) is 13.2 Å². The van der Waals surface area contributed by atoms with Gasteiger partial charge in [0.25, 0.3) is 0 Å². The van der Waals surface area contributed by atoms with E-state index in [1.807, 2.05) is 0 Å². The number of amides is 2. The van der Waals surface area contributed by atoms with Crippen molar-refractivity contribution in [2.45, 2.75) is 19.1 Å². The molecule has 27 heavy (non-hydrogen) atoms. The molecule has 0 aromatic heterocycles. The van der Waals surface area contributed by atoms with Gasteiger partial charge in [-0.15, -0.1) is 0 Å². The molecular weight excluding hydrogens is 381 g/mol. The fourth-order valence-electron chi connectivity index (χ4n) is 2.93. The molecule has 8 heteroatoms. The molecule has 142 valence electrons. The first-order valence-corrected chi connectivity index (χ1v) is 8.62. The van der Waals surface area contributed by atoms with Crippen molar-refractivity contribution in [3.8, 4) is 0 Å². The lowest BCUT2D eigenvalue weighted by atomic mass is 10.1. The summed E-state index contributed by atoms with van der Waals surface area (Å²) < 4.78 is 37.7. The maximum Gasteiger partial charge on any atom is 0.416 e. The fourth-order valence-corrected chi connectivity index (χ4v) is 3.17. The Kier molecular flexibility index (Phi) is 5.41. The average Bonchev–Trinajstić information content (AvgIpc) is 3.01. The van der Waals surface area contributed by atoms with Crippen molar-refractivity contribution >= 4 is 29.1 Å². The summed E-state index contributed by atoms with van der Waals surface area (Å²) >= 11 is 6.11. The van der Waals surface area contributed by atoms with E-state index in [9.17, 15) is 22.8 Å². The van der Waals surface area contributed by atoms with Gasteiger partial charge >= 0.3 is 6.18 Å². The van der Waals surface area contributed by atoms with Crippen molar-refractivity contribution < 1.29 is 22.8 Å². The van der Waals surface area contributed by atoms with Crippen molar-refractivity contribution in [2.24, 2.45) is 5.92 Å². The van der Waals surface area contributed by atoms with E-state index in [4.69, 9.17) is 11.6 Å². The van der Waals surface area contributed by atoms with Gasteiger partial charge in [0.1, 0.15) is 0 Å². The summed E-state index contributed by atoms with van der Waals surface area (Å²) in [6.07, 6.45) is -4.34. The smallest absolute Gasteiger partial charge is 0.352 e. The summed E-state index contributed by atoms with van der Waals surface area (Å²) in [6, 6.07) is 11.5. The van der Waals surface area contributed by atoms with Crippen molar-refractivity contribution in [1.82, 2.24) is 5.32 Å². The highest BCUT2D eigenvalue weighted by molar-refractivity contribution is 6.33. The van der Waals surface area contributed by atoms with E-state index < -0.39 is 17.7 Å². The summed E-state index contributed by atoms with van der Waals surface area (Å²) in [6.45, 7) is 0.301. The molecule has 0 unspecified atom stereocenters. The van der Waals surface area contributed by atoms with E-state index >= 15 is 0 Å². The second-order valence-electron chi connectivity index (χ2n) is 6.27. The van der Waals surface area contributed by atoms with Crippen LogP contribution >= 0.6 is 11.6 Å². The molecule has 1 atom stereocenters. The maximum atomic E-state index is 12.6. The molecule has 1 N–H and O–H groups in total. The van der Waals surface area contributed by atoms with E-state index in [1.54, 1.807) is 24.3 Å². The molecule has 1 aliphatic rings. The van der Waals surface area contributed by atoms with Crippen molar-refractivity contribution in [2.75, 3.05) is 11.4 Å². The van der Waals surface area contributed by atoms with Gasteiger partial charge in [-0.05, 0) is 29.8 Å². The van der Waals surface area contributed by atoms with Crippen molar-refractivity contribution in [1.29, 1.82) is 0 Å². The molecule has 0 spiro atoms. The number of rotatable bonds is 4. The van der Waals surface area contributed by atoms with Crippen LogP contribution in [0.15, 0.2) is 48.5 Å². The van der Waals surface area contributed by atoms with Crippen LogP contribution in [0.25, 0.3) is 0 Å². The molecule has 1 aliphatic heterocycles. The minimum absolute atomic E-state index is 0.0596. The minimum Gasteiger partial charge on any atom is -0.352 e. The molecule has 0 aliphatic carbocycles. The Morgan fingerprint density at radius 2 is 1.81 bits per heavy atom. The van der Waals surface area contributed by atoms with Crippen molar-refractivity contribution in [3.05, 3.63) is 64.7 Å². The number of anilines is 1. The molecule has 2 aromatic carbocycles. The van der Waals surface area contributed by atoms with Crippen molar-refractivity contribution in [3.63, 3.8) is 0 Å². The molecule has 1 heterocycles. The molecule has 4 nitrogen and oxygen atoms in total. The van der Waals surface area contributed by atoms with Crippen LogP contribution in [0, 0.1) is 5.92 Å². The normalized spacial score (nSPS) is 17.3. The Morgan fingerprint density at radius 3 is 2.44 bits per heavy atom. The van der Waals surface area contributed by atoms with E-state index in [0.717, 1.165) is 12.1 Å². The predicted octanol–water partition coefficient (Wildman–Crippen LogP) is 4.03. The zero-order chi connectivity index (χ0) is 19.6. The standard InChI is InChI=1S/C19H16ClF3N2O2/c20-15-3-1-2-4-16(15)25-11-13(9-17(25)26)18(27)24-10-12-5-7-14(8-6-12)19(21,22)23/h1-8,13H,9-11H2,(H,24,27)/t13-/m0/s1. The summed E-state index contributed by atoms with van der Waals surface area (Å²) in [5.74, 6) is -1.06. The van der Waals surface area contributed by atoms with E-state index in [0.29, 0.717) is 16.3 Å². The summed E-state index contributed by atoms with van der Waals surface area (Å²) in [5, 5.41) is 3.10. The Hall–Kier alpha value is -2.54. The van der Waals surface area contributed by atoms with Gasteiger partial charge in [0, 0.05) is 19.5 Å². The summed E-state index contributed by atoms with van der Waals surface area (Å²) in [4.78, 5) is 26.1. The zero-order valence-electron chi connectivity index (χ0n) is 14.1. The Bertz CT molecular complexity index is 853.